The largest absolute Gasteiger partial charge is 0.250 e. The fraction of sp³-hybridized carbons (Fsp3) is 1.00. The van der Waals surface area contributed by atoms with Crippen LogP contribution in [0.3, 0.4) is 0 Å². The first-order chi connectivity index (χ1) is 5.19. The van der Waals surface area contributed by atoms with Crippen LogP contribution in [0.1, 0.15) is 48.0 Å². The second kappa shape index (κ2) is 3.75. The first-order valence-electron chi connectivity index (χ1n) is 4.71. The number of hydrogen-bond acceptors (Lipinski definition) is 2. The van der Waals surface area contributed by atoms with Gasteiger partial charge in [0.1, 0.15) is 0 Å². The summed E-state index contributed by atoms with van der Waals surface area (Å²) in [6, 6.07) is 0. The van der Waals surface area contributed by atoms with Gasteiger partial charge in [0, 0.05) is 18.1 Å². The second-order valence-electron chi connectivity index (χ2n) is 5.09. The average molecular weight is 172 g/mol. The van der Waals surface area contributed by atoms with Crippen molar-refractivity contribution >= 4 is 0 Å². The Morgan fingerprint density at radius 1 is 1.08 bits per heavy atom. The highest BCUT2D eigenvalue weighted by atomic mass is 15.5. The molecule has 0 saturated carbocycles. The molecule has 0 aliphatic carbocycles. The fourth-order valence-electron chi connectivity index (χ4n) is 0.892. The molecular weight excluding hydrogens is 148 g/mol. The summed E-state index contributed by atoms with van der Waals surface area (Å²) in [6.07, 6.45) is 1.15. The molecule has 0 aromatic heterocycles. The summed E-state index contributed by atoms with van der Waals surface area (Å²) < 4.78 is 0. The lowest BCUT2D eigenvalue weighted by Gasteiger charge is -2.39. The van der Waals surface area contributed by atoms with Crippen LogP contribution in [0.25, 0.3) is 0 Å². The lowest BCUT2D eigenvalue weighted by atomic mass is 10.0. The fourth-order valence-corrected chi connectivity index (χ4v) is 0.892. The van der Waals surface area contributed by atoms with Gasteiger partial charge in [0.15, 0.2) is 0 Å². The molecule has 74 valence electrons. The zero-order chi connectivity index (χ0) is 9.99. The minimum absolute atomic E-state index is 0.154. The van der Waals surface area contributed by atoms with Gasteiger partial charge in [-0.15, -0.1) is 0 Å². The molecule has 0 aliphatic heterocycles. The molecule has 0 aliphatic rings. The molecule has 0 rings (SSSR count). The van der Waals surface area contributed by atoms with Crippen molar-refractivity contribution in [3.8, 4) is 0 Å². The van der Waals surface area contributed by atoms with E-state index in [2.05, 4.69) is 59.0 Å². The van der Waals surface area contributed by atoms with Gasteiger partial charge in [-0.05, 0) is 41.0 Å². The molecule has 2 heteroatoms. The molecule has 0 atom stereocenters. The number of hydrogen-bond donors (Lipinski definition) is 1. The van der Waals surface area contributed by atoms with Gasteiger partial charge >= 0.3 is 0 Å². The SMILES string of the molecule is CCC(C)(C)N(C)NC(C)(C)C. The van der Waals surface area contributed by atoms with E-state index < -0.39 is 0 Å². The highest BCUT2D eigenvalue weighted by Gasteiger charge is 2.24. The third-order valence-electron chi connectivity index (χ3n) is 2.28. The van der Waals surface area contributed by atoms with Gasteiger partial charge in [-0.3, -0.25) is 0 Å². The Labute approximate surface area is 77.3 Å². The van der Waals surface area contributed by atoms with Crippen molar-refractivity contribution in [1.29, 1.82) is 0 Å². The van der Waals surface area contributed by atoms with Crippen molar-refractivity contribution < 1.29 is 0 Å². The normalized spacial score (nSPS) is 14.0. The molecule has 0 unspecified atom stereocenters. The van der Waals surface area contributed by atoms with E-state index in [0.29, 0.717) is 0 Å². The van der Waals surface area contributed by atoms with Gasteiger partial charge in [0.2, 0.25) is 0 Å². The topological polar surface area (TPSA) is 15.3 Å². The van der Waals surface area contributed by atoms with E-state index in [1.165, 1.54) is 0 Å². The monoisotopic (exact) mass is 172 g/mol. The van der Waals surface area contributed by atoms with Gasteiger partial charge < -0.3 is 0 Å². The summed E-state index contributed by atoms with van der Waals surface area (Å²) in [7, 11) is 2.11. The third kappa shape index (κ3) is 4.07. The number of rotatable bonds is 3. The molecule has 0 saturated heterocycles. The first kappa shape index (κ1) is 11.9. The van der Waals surface area contributed by atoms with E-state index in [1.807, 2.05) is 0 Å². The minimum atomic E-state index is 0.154. The maximum absolute atomic E-state index is 3.44. The molecule has 0 aromatic carbocycles. The van der Waals surface area contributed by atoms with Crippen LogP contribution in [0, 0.1) is 0 Å². The lowest BCUT2D eigenvalue weighted by molar-refractivity contribution is 0.0501. The van der Waals surface area contributed by atoms with Crippen molar-refractivity contribution in [2.45, 2.75) is 59.0 Å². The lowest BCUT2D eigenvalue weighted by Crippen LogP contribution is -2.55. The van der Waals surface area contributed by atoms with E-state index in [9.17, 15) is 0 Å². The van der Waals surface area contributed by atoms with Crippen molar-refractivity contribution in [3.05, 3.63) is 0 Å². The van der Waals surface area contributed by atoms with E-state index in [1.54, 1.807) is 0 Å². The molecule has 0 aromatic rings. The average Bonchev–Trinajstić information content (AvgIpc) is 1.84. The molecule has 0 fully saturated rings. The summed E-state index contributed by atoms with van der Waals surface area (Å²) in [5.74, 6) is 0. The third-order valence-corrected chi connectivity index (χ3v) is 2.28. The molecule has 2 nitrogen and oxygen atoms in total. The Kier molecular flexibility index (Phi) is 3.73. The number of nitrogens with one attached hydrogen (secondary N) is 1. The van der Waals surface area contributed by atoms with Crippen LogP contribution < -0.4 is 5.43 Å². The van der Waals surface area contributed by atoms with Crippen LogP contribution in [0.5, 0.6) is 0 Å². The van der Waals surface area contributed by atoms with Gasteiger partial charge in [-0.25, -0.2) is 10.4 Å². The summed E-state index contributed by atoms with van der Waals surface area (Å²) >= 11 is 0. The smallest absolute Gasteiger partial charge is 0.0292 e. The highest BCUT2D eigenvalue weighted by molar-refractivity contribution is 4.78. The molecular formula is C10H24N2. The Bertz CT molecular complexity index is 133. The standard InChI is InChI=1S/C10H24N2/c1-8-10(5,6)12(7)11-9(2,3)4/h11H,8H2,1-7H3. The minimum Gasteiger partial charge on any atom is -0.250 e. The van der Waals surface area contributed by atoms with Crippen molar-refractivity contribution in [2.24, 2.45) is 0 Å². The summed E-state index contributed by atoms with van der Waals surface area (Å²) in [6.45, 7) is 13.2. The van der Waals surface area contributed by atoms with E-state index in [4.69, 9.17) is 0 Å². The van der Waals surface area contributed by atoms with Crippen LogP contribution in [-0.2, 0) is 0 Å². The van der Waals surface area contributed by atoms with Crippen LogP contribution in [0.15, 0.2) is 0 Å². The van der Waals surface area contributed by atoms with Crippen molar-refractivity contribution in [1.82, 2.24) is 10.4 Å². The molecule has 0 amide bonds. The van der Waals surface area contributed by atoms with E-state index in [-0.39, 0.29) is 11.1 Å². The van der Waals surface area contributed by atoms with Crippen molar-refractivity contribution in [3.63, 3.8) is 0 Å². The Morgan fingerprint density at radius 3 is 1.75 bits per heavy atom. The Balaban J connectivity index is 4.13. The maximum atomic E-state index is 3.44. The molecule has 0 radical (unpaired) electrons. The summed E-state index contributed by atoms with van der Waals surface area (Å²) in [4.78, 5) is 0. The number of nitrogens with zero attached hydrogens (tertiary/aromatic N) is 1. The van der Waals surface area contributed by atoms with Crippen molar-refractivity contribution in [2.75, 3.05) is 7.05 Å². The molecule has 0 heterocycles. The van der Waals surface area contributed by atoms with Gasteiger partial charge in [0.25, 0.3) is 0 Å². The van der Waals surface area contributed by atoms with Crippen LogP contribution in [0.4, 0.5) is 0 Å². The summed E-state index contributed by atoms with van der Waals surface area (Å²) in [5, 5.41) is 2.20. The quantitative estimate of drug-likeness (QED) is 0.658. The van der Waals surface area contributed by atoms with Crippen LogP contribution >= 0.6 is 0 Å². The highest BCUT2D eigenvalue weighted by Crippen LogP contribution is 2.15. The molecule has 1 N–H and O–H groups in total. The van der Waals surface area contributed by atoms with E-state index >= 15 is 0 Å². The second-order valence-corrected chi connectivity index (χ2v) is 5.09. The Hall–Kier alpha value is -0.0800. The summed E-state index contributed by atoms with van der Waals surface area (Å²) in [5.41, 5.74) is 3.83. The van der Waals surface area contributed by atoms with E-state index in [0.717, 1.165) is 6.42 Å². The zero-order valence-corrected chi connectivity index (χ0v) is 9.65. The molecule has 0 bridgehead atoms. The van der Waals surface area contributed by atoms with Crippen LogP contribution in [0.2, 0.25) is 0 Å². The maximum Gasteiger partial charge on any atom is 0.0292 e. The van der Waals surface area contributed by atoms with Gasteiger partial charge in [-0.1, -0.05) is 6.92 Å². The van der Waals surface area contributed by atoms with Gasteiger partial charge in [-0.2, -0.15) is 0 Å². The van der Waals surface area contributed by atoms with Crippen LogP contribution in [-0.4, -0.2) is 23.1 Å². The predicted molar refractivity (Wildman–Crippen MR) is 55.0 cm³/mol. The first-order valence-corrected chi connectivity index (χ1v) is 4.71. The molecule has 12 heavy (non-hydrogen) atoms. The Morgan fingerprint density at radius 2 is 1.50 bits per heavy atom. The number of hydrazine groups is 1. The zero-order valence-electron chi connectivity index (χ0n) is 9.65. The molecule has 0 spiro atoms. The predicted octanol–water partition coefficient (Wildman–Crippen LogP) is 2.41. The van der Waals surface area contributed by atoms with Gasteiger partial charge in [0.05, 0.1) is 0 Å².